The molecular formula is C20H24N6O3S2. The van der Waals surface area contributed by atoms with Crippen LogP contribution in [0, 0.1) is 0 Å². The number of aromatic carboxylic acids is 1. The normalized spacial score (nSPS) is 14.5. The lowest BCUT2D eigenvalue weighted by Crippen LogP contribution is -2.44. The number of nitrogens with one attached hydrogen (secondary N) is 1. The van der Waals surface area contributed by atoms with Gasteiger partial charge >= 0.3 is 5.97 Å². The number of carbonyl (C=O) groups excluding carboxylic acids is 1. The van der Waals surface area contributed by atoms with Crippen molar-refractivity contribution in [3.05, 3.63) is 58.0 Å². The van der Waals surface area contributed by atoms with Gasteiger partial charge in [-0.1, -0.05) is 30.3 Å². The largest absolute Gasteiger partial charge is 0.476 e. The minimum atomic E-state index is -1.04. The van der Waals surface area contributed by atoms with Gasteiger partial charge in [-0.15, -0.1) is 22.7 Å². The molecule has 0 bridgehead atoms. The van der Waals surface area contributed by atoms with E-state index < -0.39 is 5.97 Å². The number of nitrogens with zero attached hydrogens (tertiary/aromatic N) is 3. The first-order chi connectivity index (χ1) is 14.9. The maximum atomic E-state index is 12.1. The molecule has 31 heavy (non-hydrogen) atoms. The number of amides is 1. The first kappa shape index (κ1) is 22.7. The van der Waals surface area contributed by atoms with Crippen LogP contribution in [-0.2, 0) is 6.54 Å². The van der Waals surface area contributed by atoms with Crippen LogP contribution in [0.5, 0.6) is 0 Å². The van der Waals surface area contributed by atoms with Crippen LogP contribution in [0.4, 0.5) is 10.3 Å². The molecule has 1 aliphatic heterocycles. The first-order valence-corrected chi connectivity index (χ1v) is 11.4. The SMILES string of the molecule is Nc1nc(C(=O)NC2CCN(Cc3ccccc3)CC2)cs1.Nc1nc(C(=O)O)cs1. The highest BCUT2D eigenvalue weighted by atomic mass is 32.1. The molecule has 1 amide bonds. The molecule has 3 heterocycles. The maximum Gasteiger partial charge on any atom is 0.355 e. The number of benzene rings is 1. The van der Waals surface area contributed by atoms with Gasteiger partial charge in [0, 0.05) is 36.4 Å². The molecule has 2 aromatic heterocycles. The molecule has 1 fully saturated rings. The summed E-state index contributed by atoms with van der Waals surface area (Å²) >= 11 is 2.41. The number of thiazole rings is 2. The van der Waals surface area contributed by atoms with Gasteiger partial charge in [0.2, 0.25) is 0 Å². The van der Waals surface area contributed by atoms with E-state index >= 15 is 0 Å². The molecule has 1 aliphatic rings. The van der Waals surface area contributed by atoms with E-state index in [1.165, 1.54) is 22.3 Å². The summed E-state index contributed by atoms with van der Waals surface area (Å²) in [5.41, 5.74) is 12.5. The van der Waals surface area contributed by atoms with Gasteiger partial charge in [0.05, 0.1) is 0 Å². The molecule has 4 rings (SSSR count). The quantitative estimate of drug-likeness (QED) is 0.454. The average Bonchev–Trinajstić information content (AvgIpc) is 3.39. The van der Waals surface area contributed by atoms with Crippen molar-refractivity contribution in [3.63, 3.8) is 0 Å². The van der Waals surface area contributed by atoms with Crippen molar-refractivity contribution in [1.82, 2.24) is 20.2 Å². The lowest BCUT2D eigenvalue weighted by atomic mass is 10.0. The molecule has 0 spiro atoms. The molecule has 164 valence electrons. The second-order valence-electron chi connectivity index (χ2n) is 6.96. The van der Waals surface area contributed by atoms with Crippen LogP contribution in [0.3, 0.4) is 0 Å². The molecule has 0 radical (unpaired) electrons. The zero-order chi connectivity index (χ0) is 22.2. The van der Waals surface area contributed by atoms with Crippen LogP contribution in [0.1, 0.15) is 39.4 Å². The minimum absolute atomic E-state index is 0.0116. The Hall–Kier alpha value is -3.02. The number of nitrogen functional groups attached to an aromatic ring is 2. The summed E-state index contributed by atoms with van der Waals surface area (Å²) in [6.45, 7) is 2.97. The van der Waals surface area contributed by atoms with Gasteiger partial charge in [-0.3, -0.25) is 9.69 Å². The Balaban J connectivity index is 0.000000254. The number of rotatable bonds is 5. The number of carboxylic acid groups (broad SMARTS) is 1. The predicted octanol–water partition coefficient (Wildman–Crippen LogP) is 2.54. The highest BCUT2D eigenvalue weighted by molar-refractivity contribution is 7.14. The van der Waals surface area contributed by atoms with Crippen LogP contribution >= 0.6 is 22.7 Å². The third kappa shape index (κ3) is 7.02. The number of hydrogen-bond acceptors (Lipinski definition) is 9. The number of anilines is 2. The van der Waals surface area contributed by atoms with E-state index in [1.54, 1.807) is 5.38 Å². The van der Waals surface area contributed by atoms with Gasteiger partial charge in [-0.2, -0.15) is 0 Å². The number of nitrogens with two attached hydrogens (primary N) is 2. The van der Waals surface area contributed by atoms with Gasteiger partial charge in [0.15, 0.2) is 16.0 Å². The molecule has 0 aliphatic carbocycles. The summed E-state index contributed by atoms with van der Waals surface area (Å²) in [6.07, 6.45) is 1.94. The van der Waals surface area contributed by atoms with Crippen molar-refractivity contribution in [2.24, 2.45) is 0 Å². The number of aromatic nitrogens is 2. The number of hydrogen-bond donors (Lipinski definition) is 4. The Kier molecular flexibility index (Phi) is 7.93. The van der Waals surface area contributed by atoms with Gasteiger partial charge in [-0.25, -0.2) is 14.8 Å². The van der Waals surface area contributed by atoms with Crippen LogP contribution in [0.25, 0.3) is 0 Å². The van der Waals surface area contributed by atoms with Crippen molar-refractivity contribution in [2.45, 2.75) is 25.4 Å². The van der Waals surface area contributed by atoms with E-state index in [0.29, 0.717) is 10.8 Å². The molecular weight excluding hydrogens is 436 g/mol. The number of carboxylic acids is 1. The average molecular weight is 461 g/mol. The van der Waals surface area contributed by atoms with Gasteiger partial charge < -0.3 is 21.9 Å². The molecule has 3 aromatic rings. The highest BCUT2D eigenvalue weighted by Crippen LogP contribution is 2.16. The standard InChI is InChI=1S/C16H20N4OS.C4H4N2O2S/c17-16-19-14(11-22-16)15(21)18-13-6-8-20(9-7-13)10-12-4-2-1-3-5-12;5-4-6-2(1-9-4)3(7)8/h1-5,11,13H,6-10H2,(H2,17,19)(H,18,21);1H,(H2,5,6)(H,7,8). The van der Waals surface area contributed by atoms with Crippen LogP contribution in [0.2, 0.25) is 0 Å². The van der Waals surface area contributed by atoms with E-state index in [4.69, 9.17) is 16.6 Å². The Bertz CT molecular complexity index is 999. The van der Waals surface area contributed by atoms with Crippen molar-refractivity contribution < 1.29 is 14.7 Å². The Morgan fingerprint density at radius 1 is 1.03 bits per heavy atom. The maximum absolute atomic E-state index is 12.1. The summed E-state index contributed by atoms with van der Waals surface area (Å²) in [7, 11) is 0. The van der Waals surface area contributed by atoms with E-state index in [2.05, 4.69) is 44.5 Å². The third-order valence-corrected chi connectivity index (χ3v) is 6.02. The second kappa shape index (κ2) is 10.8. The summed E-state index contributed by atoms with van der Waals surface area (Å²) in [6, 6.07) is 10.7. The lowest BCUT2D eigenvalue weighted by molar-refractivity contribution is 0.0691. The summed E-state index contributed by atoms with van der Waals surface area (Å²) in [5.74, 6) is -1.16. The van der Waals surface area contributed by atoms with Crippen molar-refractivity contribution >= 4 is 44.8 Å². The Morgan fingerprint density at radius 2 is 1.61 bits per heavy atom. The lowest BCUT2D eigenvalue weighted by Gasteiger charge is -2.32. The zero-order valence-electron chi connectivity index (χ0n) is 16.7. The predicted molar refractivity (Wildman–Crippen MR) is 122 cm³/mol. The topological polar surface area (TPSA) is 147 Å². The minimum Gasteiger partial charge on any atom is -0.476 e. The monoisotopic (exact) mass is 460 g/mol. The fraction of sp³-hybridized carbons (Fsp3) is 0.300. The fourth-order valence-corrected chi connectivity index (χ4v) is 4.19. The highest BCUT2D eigenvalue weighted by Gasteiger charge is 2.22. The Labute approximate surface area is 187 Å². The van der Waals surface area contributed by atoms with E-state index in [1.807, 2.05) is 6.07 Å². The number of carbonyl (C=O) groups is 2. The fourth-order valence-electron chi connectivity index (χ4n) is 3.11. The van der Waals surface area contributed by atoms with E-state index in [9.17, 15) is 9.59 Å². The van der Waals surface area contributed by atoms with Gasteiger partial charge in [0.25, 0.3) is 5.91 Å². The van der Waals surface area contributed by atoms with Gasteiger partial charge in [-0.05, 0) is 18.4 Å². The summed E-state index contributed by atoms with van der Waals surface area (Å²) in [4.78, 5) is 32.1. The summed E-state index contributed by atoms with van der Waals surface area (Å²) < 4.78 is 0. The van der Waals surface area contributed by atoms with Crippen LogP contribution < -0.4 is 16.8 Å². The van der Waals surface area contributed by atoms with Crippen molar-refractivity contribution in [2.75, 3.05) is 24.6 Å². The third-order valence-electron chi connectivity index (χ3n) is 4.67. The van der Waals surface area contributed by atoms with Gasteiger partial charge in [0.1, 0.15) is 5.69 Å². The number of likely N-dealkylation sites (tertiary alicyclic amines) is 1. The first-order valence-electron chi connectivity index (χ1n) is 9.63. The Morgan fingerprint density at radius 3 is 2.10 bits per heavy atom. The molecule has 1 aromatic carbocycles. The molecule has 11 heteroatoms. The molecule has 0 saturated carbocycles. The summed E-state index contributed by atoms with van der Waals surface area (Å²) in [5, 5.41) is 15.2. The molecule has 1 saturated heterocycles. The smallest absolute Gasteiger partial charge is 0.355 e. The van der Waals surface area contributed by atoms with Crippen LogP contribution in [-0.4, -0.2) is 51.0 Å². The number of piperidine rings is 1. The van der Waals surface area contributed by atoms with Crippen molar-refractivity contribution in [1.29, 1.82) is 0 Å². The van der Waals surface area contributed by atoms with E-state index in [0.717, 1.165) is 43.8 Å². The zero-order valence-corrected chi connectivity index (χ0v) is 18.4. The molecule has 6 N–H and O–H groups in total. The molecule has 9 nitrogen and oxygen atoms in total. The molecule has 0 atom stereocenters. The second-order valence-corrected chi connectivity index (χ2v) is 8.74. The van der Waals surface area contributed by atoms with E-state index in [-0.39, 0.29) is 22.8 Å². The van der Waals surface area contributed by atoms with Crippen molar-refractivity contribution in [3.8, 4) is 0 Å². The van der Waals surface area contributed by atoms with Crippen LogP contribution in [0.15, 0.2) is 41.1 Å². The molecule has 0 unspecified atom stereocenters.